The van der Waals surface area contributed by atoms with E-state index in [2.05, 4.69) is 4.98 Å². The third-order valence-electron chi connectivity index (χ3n) is 4.49. The van der Waals surface area contributed by atoms with Gasteiger partial charge in [-0.2, -0.15) is 0 Å². The number of aromatic hydroxyl groups is 1. The van der Waals surface area contributed by atoms with Gasteiger partial charge in [0.05, 0.1) is 0 Å². The molecule has 4 nitrogen and oxygen atoms in total. The van der Waals surface area contributed by atoms with E-state index in [1.54, 1.807) is 12.3 Å². The Morgan fingerprint density at radius 2 is 2.05 bits per heavy atom. The maximum Gasteiger partial charge on any atom is 0.276 e. The zero-order chi connectivity index (χ0) is 13.2. The Hall–Kier alpha value is -1.58. The topological polar surface area (TPSA) is 53.4 Å². The second-order valence-corrected chi connectivity index (χ2v) is 5.62. The van der Waals surface area contributed by atoms with Crippen molar-refractivity contribution in [1.29, 1.82) is 0 Å². The van der Waals surface area contributed by atoms with Crippen LogP contribution in [0, 0.1) is 5.92 Å². The fourth-order valence-corrected chi connectivity index (χ4v) is 3.57. The molecule has 2 atom stereocenters. The van der Waals surface area contributed by atoms with Crippen LogP contribution in [0.25, 0.3) is 0 Å². The van der Waals surface area contributed by atoms with E-state index in [9.17, 15) is 9.90 Å². The number of amides is 1. The zero-order valence-corrected chi connectivity index (χ0v) is 11.1. The first-order valence-electron chi connectivity index (χ1n) is 7.22. The number of aromatic nitrogens is 1. The van der Waals surface area contributed by atoms with Crippen LogP contribution in [-0.2, 0) is 0 Å². The Kier molecular flexibility index (Phi) is 3.40. The molecule has 1 amide bonds. The van der Waals surface area contributed by atoms with Crippen molar-refractivity contribution in [3.63, 3.8) is 0 Å². The second kappa shape index (κ2) is 5.19. The molecule has 102 valence electrons. The molecule has 4 heteroatoms. The van der Waals surface area contributed by atoms with E-state index >= 15 is 0 Å². The summed E-state index contributed by atoms with van der Waals surface area (Å²) in [5.41, 5.74) is 0.203. The largest absolute Gasteiger partial charge is 0.505 e. The fourth-order valence-electron chi connectivity index (χ4n) is 3.57. The van der Waals surface area contributed by atoms with E-state index < -0.39 is 0 Å². The molecule has 1 aromatic rings. The third-order valence-corrected chi connectivity index (χ3v) is 4.49. The van der Waals surface area contributed by atoms with E-state index in [1.165, 1.54) is 31.7 Å². The first-order valence-corrected chi connectivity index (χ1v) is 7.22. The van der Waals surface area contributed by atoms with Crippen LogP contribution in [0.3, 0.4) is 0 Å². The summed E-state index contributed by atoms with van der Waals surface area (Å²) in [6.07, 6.45) is 8.71. The zero-order valence-electron chi connectivity index (χ0n) is 11.1. The maximum absolute atomic E-state index is 12.6. The molecule has 1 aliphatic heterocycles. The average molecular weight is 260 g/mol. The standard InChI is InChI=1S/C15H20N2O2/c18-13-8-3-9-16-14(13)15(19)17-10-4-6-11-5-1-2-7-12(11)17/h3,8-9,11-12,18H,1-2,4-7,10H2. The molecular formula is C15H20N2O2. The lowest BCUT2D eigenvalue weighted by molar-refractivity contribution is 0.0382. The van der Waals surface area contributed by atoms with Crippen LogP contribution in [0.4, 0.5) is 0 Å². The Morgan fingerprint density at radius 1 is 1.26 bits per heavy atom. The molecule has 3 rings (SSSR count). The number of rotatable bonds is 1. The number of nitrogens with zero attached hydrogens (tertiary/aromatic N) is 2. The van der Waals surface area contributed by atoms with Crippen molar-refractivity contribution in [2.24, 2.45) is 5.92 Å². The van der Waals surface area contributed by atoms with E-state index in [1.807, 2.05) is 4.90 Å². The summed E-state index contributed by atoms with van der Waals surface area (Å²) in [7, 11) is 0. The monoisotopic (exact) mass is 260 g/mol. The molecular weight excluding hydrogens is 240 g/mol. The summed E-state index contributed by atoms with van der Waals surface area (Å²) in [6.45, 7) is 0.802. The van der Waals surface area contributed by atoms with E-state index in [0.717, 1.165) is 19.4 Å². The van der Waals surface area contributed by atoms with Gasteiger partial charge in [-0.3, -0.25) is 4.79 Å². The van der Waals surface area contributed by atoms with Crippen LogP contribution in [-0.4, -0.2) is 33.5 Å². The number of carbonyl (C=O) groups is 1. The van der Waals surface area contributed by atoms with Crippen molar-refractivity contribution in [1.82, 2.24) is 9.88 Å². The van der Waals surface area contributed by atoms with Crippen LogP contribution < -0.4 is 0 Å². The summed E-state index contributed by atoms with van der Waals surface area (Å²) in [4.78, 5) is 18.6. The Balaban J connectivity index is 1.84. The summed E-state index contributed by atoms with van der Waals surface area (Å²) in [5, 5.41) is 9.80. The highest BCUT2D eigenvalue weighted by Crippen LogP contribution is 2.36. The summed E-state index contributed by atoms with van der Waals surface area (Å²) in [5.74, 6) is 0.539. The maximum atomic E-state index is 12.6. The predicted octanol–water partition coefficient (Wildman–Crippen LogP) is 2.58. The van der Waals surface area contributed by atoms with Gasteiger partial charge in [0, 0.05) is 18.8 Å². The van der Waals surface area contributed by atoms with Crippen LogP contribution in [0.2, 0.25) is 0 Å². The average Bonchev–Trinajstić information content (AvgIpc) is 2.46. The molecule has 19 heavy (non-hydrogen) atoms. The SMILES string of the molecule is O=C(c1ncccc1O)N1CCCC2CCCCC21. The van der Waals surface area contributed by atoms with Crippen LogP contribution >= 0.6 is 0 Å². The molecule has 1 aromatic heterocycles. The lowest BCUT2D eigenvalue weighted by Gasteiger charge is -2.44. The van der Waals surface area contributed by atoms with Gasteiger partial charge in [-0.1, -0.05) is 12.8 Å². The van der Waals surface area contributed by atoms with E-state index in [0.29, 0.717) is 12.0 Å². The van der Waals surface area contributed by atoms with Crippen LogP contribution in [0.5, 0.6) is 5.75 Å². The molecule has 2 heterocycles. The molecule has 1 N–H and O–H groups in total. The van der Waals surface area contributed by atoms with Crippen molar-refractivity contribution in [2.45, 2.75) is 44.6 Å². The quantitative estimate of drug-likeness (QED) is 0.844. The molecule has 0 radical (unpaired) electrons. The van der Waals surface area contributed by atoms with Gasteiger partial charge < -0.3 is 10.0 Å². The predicted molar refractivity (Wildman–Crippen MR) is 71.9 cm³/mol. The highest BCUT2D eigenvalue weighted by atomic mass is 16.3. The van der Waals surface area contributed by atoms with Gasteiger partial charge in [0.1, 0.15) is 5.75 Å². The van der Waals surface area contributed by atoms with Crippen LogP contribution in [0.1, 0.15) is 49.0 Å². The lowest BCUT2D eigenvalue weighted by Crippen LogP contribution is -2.49. The highest BCUT2D eigenvalue weighted by molar-refractivity contribution is 5.95. The molecule has 2 aliphatic rings. The number of pyridine rings is 1. The number of fused-ring (bicyclic) bond motifs is 1. The lowest BCUT2D eigenvalue weighted by atomic mass is 9.78. The Morgan fingerprint density at radius 3 is 2.89 bits per heavy atom. The summed E-state index contributed by atoms with van der Waals surface area (Å²) in [6, 6.07) is 3.53. The Labute approximate surface area is 113 Å². The molecule has 2 unspecified atom stereocenters. The molecule has 0 spiro atoms. The number of piperidine rings is 1. The highest BCUT2D eigenvalue weighted by Gasteiger charge is 2.36. The second-order valence-electron chi connectivity index (χ2n) is 5.62. The number of hydrogen-bond acceptors (Lipinski definition) is 3. The van der Waals surface area contributed by atoms with Gasteiger partial charge in [-0.25, -0.2) is 4.98 Å². The van der Waals surface area contributed by atoms with Gasteiger partial charge in [0.15, 0.2) is 5.69 Å². The summed E-state index contributed by atoms with van der Waals surface area (Å²) < 4.78 is 0. The Bertz CT molecular complexity index is 473. The van der Waals surface area contributed by atoms with E-state index in [-0.39, 0.29) is 17.4 Å². The van der Waals surface area contributed by atoms with Crippen molar-refractivity contribution in [3.05, 3.63) is 24.0 Å². The minimum atomic E-state index is -0.102. The van der Waals surface area contributed by atoms with Crippen molar-refractivity contribution in [3.8, 4) is 5.75 Å². The van der Waals surface area contributed by atoms with Gasteiger partial charge in [-0.15, -0.1) is 0 Å². The van der Waals surface area contributed by atoms with Gasteiger partial charge in [-0.05, 0) is 43.7 Å². The third kappa shape index (κ3) is 2.31. The van der Waals surface area contributed by atoms with Gasteiger partial charge in [0.2, 0.25) is 0 Å². The first kappa shape index (κ1) is 12.5. The smallest absolute Gasteiger partial charge is 0.276 e. The van der Waals surface area contributed by atoms with Crippen LogP contribution in [0.15, 0.2) is 18.3 Å². The number of likely N-dealkylation sites (tertiary alicyclic amines) is 1. The minimum Gasteiger partial charge on any atom is -0.505 e. The molecule has 0 aromatic carbocycles. The number of carbonyl (C=O) groups excluding carboxylic acids is 1. The molecule has 1 saturated heterocycles. The fraction of sp³-hybridized carbons (Fsp3) is 0.600. The minimum absolute atomic E-state index is 0.00886. The molecule has 1 saturated carbocycles. The van der Waals surface area contributed by atoms with Gasteiger partial charge >= 0.3 is 0 Å². The normalized spacial score (nSPS) is 26.8. The van der Waals surface area contributed by atoms with Crippen molar-refractivity contribution < 1.29 is 9.90 Å². The van der Waals surface area contributed by atoms with Crippen molar-refractivity contribution >= 4 is 5.91 Å². The molecule has 2 fully saturated rings. The number of hydrogen-bond donors (Lipinski definition) is 1. The van der Waals surface area contributed by atoms with Gasteiger partial charge in [0.25, 0.3) is 5.91 Å². The summed E-state index contributed by atoms with van der Waals surface area (Å²) >= 11 is 0. The van der Waals surface area contributed by atoms with Crippen molar-refractivity contribution in [2.75, 3.05) is 6.54 Å². The first-order chi connectivity index (χ1) is 9.27. The van der Waals surface area contributed by atoms with E-state index in [4.69, 9.17) is 0 Å². The molecule has 1 aliphatic carbocycles. The molecule has 0 bridgehead atoms.